The first-order chi connectivity index (χ1) is 10.9. The maximum Gasteiger partial charge on any atom is 0.281 e. The number of sulfonamides is 1. The molecule has 4 aromatic rings. The predicted molar refractivity (Wildman–Crippen MR) is 93.2 cm³/mol. The molecule has 6 nitrogen and oxygen atoms in total. The van der Waals surface area contributed by atoms with E-state index in [0.29, 0.717) is 10.6 Å². The highest BCUT2D eigenvalue weighted by Gasteiger charge is 2.25. The lowest BCUT2D eigenvalue weighted by Gasteiger charge is -2.07. The zero-order chi connectivity index (χ0) is 16.2. The van der Waals surface area contributed by atoms with Gasteiger partial charge in [-0.05, 0) is 25.1 Å². The van der Waals surface area contributed by atoms with Crippen molar-refractivity contribution in [3.05, 3.63) is 39.9 Å². The van der Waals surface area contributed by atoms with Crippen LogP contribution in [-0.4, -0.2) is 22.8 Å². The Hall–Kier alpha value is -1.68. The van der Waals surface area contributed by atoms with Crippen LogP contribution in [-0.2, 0) is 10.0 Å². The van der Waals surface area contributed by atoms with Crippen molar-refractivity contribution in [2.75, 3.05) is 4.72 Å². The zero-order valence-corrected chi connectivity index (χ0v) is 14.9. The van der Waals surface area contributed by atoms with E-state index in [2.05, 4.69) is 14.7 Å². The van der Waals surface area contributed by atoms with Crippen LogP contribution in [0.15, 0.2) is 34.8 Å². The van der Waals surface area contributed by atoms with E-state index < -0.39 is 10.0 Å². The van der Waals surface area contributed by atoms with Crippen LogP contribution in [0.3, 0.4) is 0 Å². The van der Waals surface area contributed by atoms with Crippen molar-refractivity contribution < 1.29 is 8.42 Å². The topological polar surface area (TPSA) is 76.4 Å². The Morgan fingerprint density at radius 2 is 2.13 bits per heavy atom. The van der Waals surface area contributed by atoms with E-state index in [4.69, 9.17) is 11.6 Å². The van der Waals surface area contributed by atoms with E-state index in [0.717, 1.165) is 15.2 Å². The van der Waals surface area contributed by atoms with Crippen LogP contribution in [0.1, 0.15) is 5.01 Å². The molecule has 0 aliphatic rings. The molecule has 0 amide bonds. The zero-order valence-electron chi connectivity index (χ0n) is 11.6. The summed E-state index contributed by atoms with van der Waals surface area (Å²) < 4.78 is 30.3. The summed E-state index contributed by atoms with van der Waals surface area (Å²) in [5.41, 5.74) is 1.19. The van der Waals surface area contributed by atoms with E-state index >= 15 is 0 Å². The Balaban J connectivity index is 1.78. The highest BCUT2D eigenvalue weighted by Crippen LogP contribution is 2.29. The fourth-order valence-corrected chi connectivity index (χ4v) is 5.60. The second-order valence-electron chi connectivity index (χ2n) is 4.78. The molecular weight excluding hydrogens is 376 g/mol. The summed E-state index contributed by atoms with van der Waals surface area (Å²) in [6, 6.07) is 5.25. The summed E-state index contributed by atoms with van der Waals surface area (Å²) in [6.45, 7) is 1.91. The average molecular weight is 385 g/mol. The second-order valence-corrected chi connectivity index (χ2v) is 8.85. The van der Waals surface area contributed by atoms with Crippen molar-refractivity contribution in [1.82, 2.24) is 14.4 Å². The third-order valence-electron chi connectivity index (χ3n) is 3.18. The second kappa shape index (κ2) is 5.17. The Morgan fingerprint density at radius 1 is 1.30 bits per heavy atom. The molecule has 3 heterocycles. The predicted octanol–water partition coefficient (Wildman–Crippen LogP) is 3.77. The van der Waals surface area contributed by atoms with Crippen molar-refractivity contribution in [2.45, 2.75) is 11.9 Å². The lowest BCUT2D eigenvalue weighted by Crippen LogP contribution is -2.15. The quantitative estimate of drug-likeness (QED) is 0.583. The summed E-state index contributed by atoms with van der Waals surface area (Å²) >= 11 is 8.88. The molecule has 0 fully saturated rings. The van der Waals surface area contributed by atoms with Gasteiger partial charge in [-0.15, -0.1) is 22.7 Å². The Morgan fingerprint density at radius 3 is 2.96 bits per heavy atom. The molecule has 0 saturated heterocycles. The molecule has 0 aliphatic carbocycles. The number of imidazole rings is 1. The van der Waals surface area contributed by atoms with Gasteiger partial charge in [0.1, 0.15) is 0 Å². The van der Waals surface area contributed by atoms with Gasteiger partial charge < -0.3 is 0 Å². The maximum absolute atomic E-state index is 12.7. The van der Waals surface area contributed by atoms with Crippen LogP contribution < -0.4 is 4.72 Å². The minimum atomic E-state index is -3.86. The van der Waals surface area contributed by atoms with E-state index in [1.54, 1.807) is 35.0 Å². The van der Waals surface area contributed by atoms with Gasteiger partial charge in [0.2, 0.25) is 0 Å². The van der Waals surface area contributed by atoms with Gasteiger partial charge in [-0.25, -0.2) is 9.97 Å². The fourth-order valence-electron chi connectivity index (χ4n) is 2.29. The first kappa shape index (κ1) is 14.9. The van der Waals surface area contributed by atoms with Crippen LogP contribution >= 0.6 is 34.3 Å². The lowest BCUT2D eigenvalue weighted by atomic mass is 10.3. The lowest BCUT2D eigenvalue weighted by molar-refractivity contribution is 0.597. The first-order valence-corrected chi connectivity index (χ1v) is 10.0. The van der Waals surface area contributed by atoms with Crippen molar-refractivity contribution in [2.24, 2.45) is 0 Å². The summed E-state index contributed by atoms with van der Waals surface area (Å²) in [4.78, 5) is 8.95. The van der Waals surface area contributed by atoms with Crippen molar-refractivity contribution in [3.8, 4) is 0 Å². The van der Waals surface area contributed by atoms with E-state index in [-0.39, 0.29) is 10.2 Å². The number of nitrogens with one attached hydrogen (secondary N) is 1. The molecule has 0 radical (unpaired) electrons. The Bertz CT molecular complexity index is 1140. The molecule has 3 aromatic heterocycles. The number of aryl methyl sites for hydroxylation is 1. The molecule has 0 atom stereocenters. The molecule has 1 N–H and O–H groups in total. The standard InChI is InChI=1S/C13H9ClN4O2S3/c1-7-15-9-6-8(2-3-10(9)22-7)17-23(19,20)12-11(14)16-13-18(12)4-5-21-13/h2-6,17H,1H3. The normalized spacial score (nSPS) is 12.3. The van der Waals surface area contributed by atoms with Gasteiger partial charge in [0.25, 0.3) is 10.0 Å². The number of nitrogens with zero attached hydrogens (tertiary/aromatic N) is 3. The third-order valence-corrected chi connectivity index (χ3v) is 6.67. The van der Waals surface area contributed by atoms with Crippen molar-refractivity contribution >= 4 is 65.2 Å². The van der Waals surface area contributed by atoms with Crippen LogP contribution in [0.4, 0.5) is 5.69 Å². The average Bonchev–Trinajstić information content (AvgIpc) is 3.10. The van der Waals surface area contributed by atoms with Crippen LogP contribution in [0.2, 0.25) is 5.15 Å². The van der Waals surface area contributed by atoms with Gasteiger partial charge in [0, 0.05) is 11.6 Å². The maximum atomic E-state index is 12.7. The SMILES string of the molecule is Cc1nc2cc(NS(=O)(=O)c3c(Cl)nc4sccn34)ccc2s1. The minimum Gasteiger partial charge on any atom is -0.278 e. The van der Waals surface area contributed by atoms with Crippen molar-refractivity contribution in [3.63, 3.8) is 0 Å². The van der Waals surface area contributed by atoms with Crippen LogP contribution in [0.25, 0.3) is 15.2 Å². The largest absolute Gasteiger partial charge is 0.281 e. The van der Waals surface area contributed by atoms with Crippen LogP contribution in [0, 0.1) is 6.92 Å². The summed E-state index contributed by atoms with van der Waals surface area (Å²) in [5.74, 6) is 0. The monoisotopic (exact) mass is 384 g/mol. The number of hydrogen-bond acceptors (Lipinski definition) is 6. The number of anilines is 1. The molecule has 4 rings (SSSR count). The Kier molecular flexibility index (Phi) is 3.34. The highest BCUT2D eigenvalue weighted by molar-refractivity contribution is 7.92. The number of benzene rings is 1. The van der Waals surface area contributed by atoms with Crippen LogP contribution in [0.5, 0.6) is 0 Å². The van der Waals surface area contributed by atoms with Gasteiger partial charge >= 0.3 is 0 Å². The molecule has 118 valence electrons. The minimum absolute atomic E-state index is 0.0464. The number of thiazole rings is 2. The highest BCUT2D eigenvalue weighted by atomic mass is 35.5. The summed E-state index contributed by atoms with van der Waals surface area (Å²) in [6.07, 6.45) is 1.63. The molecule has 0 unspecified atom stereocenters. The molecule has 1 aromatic carbocycles. The molecule has 0 aliphatic heterocycles. The molecule has 0 bridgehead atoms. The van der Waals surface area contributed by atoms with Gasteiger partial charge in [-0.3, -0.25) is 9.12 Å². The summed E-state index contributed by atoms with van der Waals surface area (Å²) in [5, 5.41) is 2.57. The molecule has 10 heteroatoms. The third kappa shape index (κ3) is 2.49. The van der Waals surface area contributed by atoms with Gasteiger partial charge in [0.05, 0.1) is 20.9 Å². The molecular formula is C13H9ClN4O2S3. The molecule has 0 saturated carbocycles. The number of hydrogen-bond donors (Lipinski definition) is 1. The molecule has 0 spiro atoms. The van der Waals surface area contributed by atoms with E-state index in [1.807, 2.05) is 13.0 Å². The number of fused-ring (bicyclic) bond motifs is 2. The number of rotatable bonds is 3. The first-order valence-electron chi connectivity index (χ1n) is 6.45. The molecule has 23 heavy (non-hydrogen) atoms. The van der Waals surface area contributed by atoms with E-state index in [9.17, 15) is 8.42 Å². The fraction of sp³-hybridized carbons (Fsp3) is 0.0769. The Labute approximate surface area is 144 Å². The van der Waals surface area contributed by atoms with Gasteiger partial charge in [-0.2, -0.15) is 8.42 Å². The van der Waals surface area contributed by atoms with Crippen molar-refractivity contribution in [1.29, 1.82) is 0 Å². The number of aromatic nitrogens is 3. The number of halogens is 1. The smallest absolute Gasteiger partial charge is 0.278 e. The summed E-state index contributed by atoms with van der Waals surface area (Å²) in [7, 11) is -3.86. The van der Waals surface area contributed by atoms with Gasteiger partial charge in [0.15, 0.2) is 15.1 Å². The van der Waals surface area contributed by atoms with E-state index in [1.165, 1.54) is 15.7 Å². The van der Waals surface area contributed by atoms with Gasteiger partial charge in [-0.1, -0.05) is 11.6 Å².